The largest absolute Gasteiger partial charge is 0.481 e. The van der Waals surface area contributed by atoms with Gasteiger partial charge in [-0.05, 0) is 111 Å². The van der Waals surface area contributed by atoms with Gasteiger partial charge in [-0.2, -0.15) is 0 Å². The molecule has 0 radical (unpaired) electrons. The average Bonchev–Trinajstić information content (AvgIpc) is 2.83. The fraction of sp³-hybridized carbons (Fsp3) is 0.926. The van der Waals surface area contributed by atoms with Crippen LogP contribution in [0.1, 0.15) is 106 Å². The third-order valence-corrected chi connectivity index (χ3v) is 21.5. The minimum atomic E-state index is -2.04. The van der Waals surface area contributed by atoms with Gasteiger partial charge in [0.05, 0.1) is 42.9 Å². The van der Waals surface area contributed by atoms with Crippen molar-refractivity contribution in [3.05, 3.63) is 11.6 Å². The van der Waals surface area contributed by atoms with Gasteiger partial charge in [0, 0.05) is 0 Å². The van der Waals surface area contributed by atoms with Crippen LogP contribution < -0.4 is 0 Å². The molecular formula is C54H86O25. The van der Waals surface area contributed by atoms with Gasteiger partial charge in [-0.1, -0.05) is 46.3 Å². The lowest BCUT2D eigenvalue weighted by molar-refractivity contribution is -0.399. The van der Waals surface area contributed by atoms with Crippen molar-refractivity contribution in [3.63, 3.8) is 0 Å². The molecule has 25 heteroatoms. The molecular weight excluding hydrogens is 1050 g/mol. The van der Waals surface area contributed by atoms with E-state index in [1.54, 1.807) is 0 Å². The van der Waals surface area contributed by atoms with Gasteiger partial charge < -0.3 is 114 Å². The molecule has 4 saturated carbocycles. The highest BCUT2D eigenvalue weighted by molar-refractivity contribution is 5.79. The number of carbonyl (C=O) groups is 2. The smallest absolute Gasteiger partial charge is 0.315 e. The number of aliphatic carboxylic acids is 1. The van der Waals surface area contributed by atoms with Crippen LogP contribution in [0, 0.1) is 50.2 Å². The normalized spacial score (nSPS) is 54.5. The highest BCUT2D eigenvalue weighted by atomic mass is 16.8. The Morgan fingerprint density at radius 2 is 1.08 bits per heavy atom. The topological polar surface area (TPSA) is 411 Å². The highest BCUT2D eigenvalue weighted by Crippen LogP contribution is 2.76. The second-order valence-corrected chi connectivity index (χ2v) is 26.2. The number of esters is 1. The predicted octanol–water partition coefficient (Wildman–Crippen LogP) is -2.97. The number of carbonyl (C=O) groups excluding carboxylic acids is 1. The van der Waals surface area contributed by atoms with Crippen LogP contribution in [-0.4, -0.2) is 243 Å². The summed E-state index contributed by atoms with van der Waals surface area (Å²) in [6, 6.07) is 0. The zero-order chi connectivity index (χ0) is 58.0. The number of allylic oxidation sites excluding steroid dienone is 2. The Balaban J connectivity index is 1.01. The van der Waals surface area contributed by atoms with E-state index in [0.717, 1.165) is 5.57 Å². The van der Waals surface area contributed by atoms with Crippen molar-refractivity contribution in [2.75, 3.05) is 19.8 Å². The first-order chi connectivity index (χ1) is 36.9. The van der Waals surface area contributed by atoms with Crippen LogP contribution >= 0.6 is 0 Å². The molecule has 0 spiro atoms. The van der Waals surface area contributed by atoms with Crippen LogP contribution in [0.5, 0.6) is 0 Å². The number of aliphatic hydroxyl groups excluding tert-OH is 14. The SMILES string of the molecule is C[C@@H]1O[C@@H](O[C@H]2[C@H](O[C@H]3[C@H](O[C@H]4[C@@H](O)C[C@@]5(C)[C@@H](CC[C@]6(C)[C@@H]5CC=C5[C@@H]7CC(C)(C)CC[C@]7(C(=O)O[C@@H]7O[C@H](CO)[C@@H](O)[C@H](O)[C@H]7O)CC[C@]56C)[C@]4(C)C(=O)O)O[C@H](CO)[C@@H](O)[C@@H]3O)O[C@H](CO)[C@@H](O)[C@@H]2O)[C@H](O)[C@H](O)[C@H]1O. The van der Waals surface area contributed by atoms with E-state index < -0.39 is 200 Å². The molecule has 0 aromatic heterocycles. The monoisotopic (exact) mass is 1130 g/mol. The molecule has 15 N–H and O–H groups in total. The lowest BCUT2D eigenvalue weighted by atomic mass is 9.33. The van der Waals surface area contributed by atoms with Crippen LogP contribution in [0.25, 0.3) is 0 Å². The summed E-state index contributed by atoms with van der Waals surface area (Å²) in [5.74, 6) is -3.21. The van der Waals surface area contributed by atoms with Crippen LogP contribution in [0.3, 0.4) is 0 Å². The van der Waals surface area contributed by atoms with E-state index in [2.05, 4.69) is 33.8 Å². The first kappa shape index (κ1) is 61.4. The molecule has 0 unspecified atom stereocenters. The van der Waals surface area contributed by atoms with E-state index in [9.17, 15) is 86.2 Å². The number of aliphatic hydroxyl groups is 14. The van der Waals surface area contributed by atoms with Crippen molar-refractivity contribution in [3.8, 4) is 0 Å². The van der Waals surface area contributed by atoms with E-state index in [-0.39, 0.29) is 23.7 Å². The van der Waals surface area contributed by atoms with Crippen molar-refractivity contribution in [1.82, 2.24) is 0 Å². The molecule has 5 aliphatic carbocycles. The van der Waals surface area contributed by atoms with Gasteiger partial charge in [0.15, 0.2) is 18.9 Å². The summed E-state index contributed by atoms with van der Waals surface area (Å²) in [6.45, 7) is 11.1. The van der Waals surface area contributed by atoms with Crippen LogP contribution in [0.2, 0.25) is 0 Å². The van der Waals surface area contributed by atoms with E-state index >= 15 is 0 Å². The maximum Gasteiger partial charge on any atom is 0.315 e. The number of carboxylic acid groups (broad SMARTS) is 1. The van der Waals surface area contributed by atoms with Crippen molar-refractivity contribution in [2.45, 2.75) is 241 Å². The van der Waals surface area contributed by atoms with Gasteiger partial charge >= 0.3 is 11.9 Å². The third-order valence-electron chi connectivity index (χ3n) is 21.5. The summed E-state index contributed by atoms with van der Waals surface area (Å²) in [4.78, 5) is 28.9. The molecule has 4 saturated heterocycles. The number of hydrogen-bond donors (Lipinski definition) is 15. The fourth-order valence-electron chi connectivity index (χ4n) is 16.5. The molecule has 0 aromatic carbocycles. The molecule has 0 bridgehead atoms. The average molecular weight is 1140 g/mol. The fourth-order valence-corrected chi connectivity index (χ4v) is 16.5. The zero-order valence-corrected chi connectivity index (χ0v) is 45.8. The number of ether oxygens (including phenoxy) is 8. The van der Waals surface area contributed by atoms with E-state index in [1.807, 2.05) is 6.92 Å². The second kappa shape index (κ2) is 22.0. The number of fused-ring (bicyclic) bond motifs is 7. The molecule has 4 aliphatic heterocycles. The molecule has 30 atom stereocenters. The third kappa shape index (κ3) is 9.76. The standard InChI is InChI=1S/C54H86O25/c1-21-30(59)34(63)38(67)43(72-21)76-40-36(65)32(61)26(19-56)74-45(40)77-41-37(66)33(62)27(20-57)75-46(41)78-42-24(58)17-50(4)28-9-8-22-23-16-49(2,3)12-14-54(23,48(71)79-44-39(68)35(64)31(60)25(18-55)73-44)15-13-51(22,5)52(28,6)11-10-29(50)53(42,7)47(69)70/h8,21,23-46,55-68H,9-20H2,1-7H3,(H,69,70)/t21-,23-,24-,25+,26+,27+,28+,29+,30-,31+,32+,33+,34+,35-,36-,37-,38+,39+,40+,41+,42-,43-,44-,45-,46-,50+,51+,52+,53-,54-/m0/s1. The minimum Gasteiger partial charge on any atom is -0.481 e. The summed E-state index contributed by atoms with van der Waals surface area (Å²) in [7, 11) is 0. The summed E-state index contributed by atoms with van der Waals surface area (Å²) < 4.78 is 47.7. The summed E-state index contributed by atoms with van der Waals surface area (Å²) in [6.07, 6.45) is -31.9. The Hall–Kier alpha value is -2.16. The molecule has 9 rings (SSSR count). The van der Waals surface area contributed by atoms with E-state index in [1.165, 1.54) is 13.8 Å². The Morgan fingerprint density at radius 1 is 0.570 bits per heavy atom. The Kier molecular flexibility index (Phi) is 17.1. The number of rotatable bonds is 12. The number of hydrogen-bond acceptors (Lipinski definition) is 24. The van der Waals surface area contributed by atoms with Crippen LogP contribution in [0.15, 0.2) is 11.6 Å². The summed E-state index contributed by atoms with van der Waals surface area (Å²) in [5, 5.41) is 163. The molecule has 9 aliphatic rings. The highest BCUT2D eigenvalue weighted by Gasteiger charge is 2.73. The van der Waals surface area contributed by atoms with E-state index in [4.69, 9.17) is 37.9 Å². The number of carboxylic acids is 1. The first-order valence-electron chi connectivity index (χ1n) is 28.0. The second-order valence-electron chi connectivity index (χ2n) is 26.2. The van der Waals surface area contributed by atoms with Crippen molar-refractivity contribution < 1.29 is 124 Å². The van der Waals surface area contributed by atoms with Crippen molar-refractivity contribution in [1.29, 1.82) is 0 Å². The summed E-state index contributed by atoms with van der Waals surface area (Å²) in [5.41, 5.74) is -4.11. The maximum atomic E-state index is 14.8. The molecule has 0 aromatic rings. The Bertz CT molecular complexity index is 2240. The van der Waals surface area contributed by atoms with Crippen molar-refractivity contribution >= 4 is 11.9 Å². The van der Waals surface area contributed by atoms with Gasteiger partial charge in [-0.15, -0.1) is 0 Å². The first-order valence-corrected chi connectivity index (χ1v) is 28.0. The predicted molar refractivity (Wildman–Crippen MR) is 265 cm³/mol. The summed E-state index contributed by atoms with van der Waals surface area (Å²) >= 11 is 0. The van der Waals surface area contributed by atoms with Gasteiger partial charge in [0.2, 0.25) is 6.29 Å². The van der Waals surface area contributed by atoms with Crippen molar-refractivity contribution in [2.24, 2.45) is 50.2 Å². The van der Waals surface area contributed by atoms with Gasteiger partial charge in [0.1, 0.15) is 97.7 Å². The zero-order valence-electron chi connectivity index (χ0n) is 45.8. The lowest BCUT2D eigenvalue weighted by Gasteiger charge is -2.71. The minimum absolute atomic E-state index is 0.00990. The van der Waals surface area contributed by atoms with Crippen LogP contribution in [-0.2, 0) is 47.5 Å². The van der Waals surface area contributed by atoms with Crippen LogP contribution in [0.4, 0.5) is 0 Å². The lowest BCUT2D eigenvalue weighted by Crippen LogP contribution is -2.71. The van der Waals surface area contributed by atoms with Gasteiger partial charge in [0.25, 0.3) is 0 Å². The maximum absolute atomic E-state index is 14.8. The Morgan fingerprint density at radius 3 is 1.65 bits per heavy atom. The van der Waals surface area contributed by atoms with Gasteiger partial charge in [-0.25, -0.2) is 0 Å². The molecule has 4 heterocycles. The molecule has 25 nitrogen and oxygen atoms in total. The molecule has 0 amide bonds. The molecule has 452 valence electrons. The Labute approximate surface area is 457 Å². The van der Waals surface area contributed by atoms with Gasteiger partial charge in [-0.3, -0.25) is 9.59 Å². The van der Waals surface area contributed by atoms with E-state index in [0.29, 0.717) is 51.4 Å². The molecule has 79 heavy (non-hydrogen) atoms. The molecule has 8 fully saturated rings. The quantitative estimate of drug-likeness (QED) is 0.0527.